The number of nitrogens with two attached hydrogens (primary N) is 1. The number of hydrogen-bond acceptors (Lipinski definition) is 2. The molecule has 0 amide bonds. The second-order valence-electron chi connectivity index (χ2n) is 4.27. The Morgan fingerprint density at radius 2 is 2.12 bits per heavy atom. The third-order valence-electron chi connectivity index (χ3n) is 2.76. The number of rotatable bonds is 5. The molecule has 0 saturated heterocycles. The van der Waals surface area contributed by atoms with Crippen LogP contribution in [-0.2, 0) is 0 Å². The van der Waals surface area contributed by atoms with Crippen LogP contribution in [0.25, 0.3) is 0 Å². The number of unbranched alkanes of at least 4 members (excludes halogenated alkanes) is 1. The van der Waals surface area contributed by atoms with Crippen LogP contribution in [0.2, 0.25) is 5.02 Å². The van der Waals surface area contributed by atoms with Gasteiger partial charge >= 0.3 is 0 Å². The van der Waals surface area contributed by atoms with Gasteiger partial charge in [-0.25, -0.2) is 0 Å². The van der Waals surface area contributed by atoms with Crippen LogP contribution in [0.3, 0.4) is 0 Å². The van der Waals surface area contributed by atoms with Crippen LogP contribution >= 0.6 is 11.6 Å². The van der Waals surface area contributed by atoms with E-state index in [2.05, 4.69) is 24.9 Å². The van der Waals surface area contributed by atoms with Gasteiger partial charge in [0.1, 0.15) is 0 Å². The predicted molar refractivity (Wildman–Crippen MR) is 72.2 cm³/mol. The molecule has 2 nitrogen and oxygen atoms in total. The molecule has 2 N–H and O–H groups in total. The average molecular weight is 241 g/mol. The zero-order chi connectivity index (χ0) is 12.1. The van der Waals surface area contributed by atoms with Gasteiger partial charge in [-0.1, -0.05) is 31.0 Å². The van der Waals surface area contributed by atoms with E-state index in [1.165, 1.54) is 12.8 Å². The number of anilines is 1. The van der Waals surface area contributed by atoms with Gasteiger partial charge < -0.3 is 10.6 Å². The van der Waals surface area contributed by atoms with E-state index in [9.17, 15) is 0 Å². The van der Waals surface area contributed by atoms with Crippen molar-refractivity contribution in [2.75, 3.05) is 18.5 Å². The average Bonchev–Trinajstić information content (AvgIpc) is 2.25. The standard InChI is InChI=1S/C13H21ClN2/c1-4-5-8-16(3)13-7-6-11(10(2)15)9-12(13)14/h6-7,9-10H,4-5,8,15H2,1-3H3/t10-/m1/s1. The Morgan fingerprint density at radius 1 is 1.44 bits per heavy atom. The second-order valence-corrected chi connectivity index (χ2v) is 4.68. The molecule has 0 aliphatic carbocycles. The molecular formula is C13H21ClN2. The first-order valence-corrected chi connectivity index (χ1v) is 6.20. The highest BCUT2D eigenvalue weighted by molar-refractivity contribution is 6.33. The van der Waals surface area contributed by atoms with E-state index in [1.54, 1.807) is 0 Å². The van der Waals surface area contributed by atoms with Crippen LogP contribution in [0.4, 0.5) is 5.69 Å². The van der Waals surface area contributed by atoms with Crippen molar-refractivity contribution in [3.05, 3.63) is 28.8 Å². The van der Waals surface area contributed by atoms with Crippen LogP contribution in [0.5, 0.6) is 0 Å². The van der Waals surface area contributed by atoms with Gasteiger partial charge in [0.05, 0.1) is 10.7 Å². The molecule has 0 bridgehead atoms. The van der Waals surface area contributed by atoms with E-state index in [4.69, 9.17) is 17.3 Å². The molecule has 1 rings (SSSR count). The predicted octanol–water partition coefficient (Wildman–Crippen LogP) is 3.60. The third kappa shape index (κ3) is 3.39. The molecule has 0 heterocycles. The van der Waals surface area contributed by atoms with Gasteiger partial charge in [-0.2, -0.15) is 0 Å². The Kier molecular flexibility index (Phi) is 5.10. The van der Waals surface area contributed by atoms with Crippen LogP contribution in [-0.4, -0.2) is 13.6 Å². The van der Waals surface area contributed by atoms with Crippen LogP contribution in [0, 0.1) is 0 Å². The number of hydrogen-bond donors (Lipinski definition) is 1. The van der Waals surface area contributed by atoms with Crippen molar-refractivity contribution < 1.29 is 0 Å². The van der Waals surface area contributed by atoms with Crippen molar-refractivity contribution in [2.24, 2.45) is 5.73 Å². The van der Waals surface area contributed by atoms with E-state index in [0.717, 1.165) is 22.8 Å². The van der Waals surface area contributed by atoms with Gasteiger partial charge in [-0.15, -0.1) is 0 Å². The van der Waals surface area contributed by atoms with E-state index in [1.807, 2.05) is 19.1 Å². The summed E-state index contributed by atoms with van der Waals surface area (Å²) in [6.45, 7) is 5.19. The lowest BCUT2D eigenvalue weighted by Gasteiger charge is -2.21. The number of nitrogens with zero attached hydrogens (tertiary/aromatic N) is 1. The highest BCUT2D eigenvalue weighted by atomic mass is 35.5. The second kappa shape index (κ2) is 6.12. The molecule has 16 heavy (non-hydrogen) atoms. The van der Waals surface area contributed by atoms with Gasteiger partial charge in [0.15, 0.2) is 0 Å². The highest BCUT2D eigenvalue weighted by Gasteiger charge is 2.08. The Bertz CT molecular complexity index is 337. The molecule has 0 aromatic heterocycles. The largest absolute Gasteiger partial charge is 0.373 e. The maximum absolute atomic E-state index is 6.25. The lowest BCUT2D eigenvalue weighted by molar-refractivity contribution is 0.765. The summed E-state index contributed by atoms with van der Waals surface area (Å²) in [5, 5.41) is 0.786. The minimum atomic E-state index is 0.0347. The van der Waals surface area contributed by atoms with Crippen molar-refractivity contribution in [1.82, 2.24) is 0 Å². The molecule has 0 aliphatic heterocycles. The fourth-order valence-electron chi connectivity index (χ4n) is 1.63. The Balaban J connectivity index is 2.81. The maximum Gasteiger partial charge on any atom is 0.0642 e. The van der Waals surface area contributed by atoms with Crippen LogP contribution < -0.4 is 10.6 Å². The zero-order valence-corrected chi connectivity index (χ0v) is 11.1. The number of benzene rings is 1. The molecule has 1 atom stereocenters. The summed E-state index contributed by atoms with van der Waals surface area (Å²) in [6, 6.07) is 6.10. The number of halogens is 1. The molecule has 1 aromatic rings. The van der Waals surface area contributed by atoms with Gasteiger partial charge in [-0.3, -0.25) is 0 Å². The van der Waals surface area contributed by atoms with Crippen molar-refractivity contribution in [3.63, 3.8) is 0 Å². The fraction of sp³-hybridized carbons (Fsp3) is 0.538. The molecule has 0 saturated carbocycles. The van der Waals surface area contributed by atoms with Gasteiger partial charge in [0.25, 0.3) is 0 Å². The van der Waals surface area contributed by atoms with E-state index < -0.39 is 0 Å². The molecule has 0 aliphatic rings. The van der Waals surface area contributed by atoms with Gasteiger partial charge in [-0.05, 0) is 31.0 Å². The molecular weight excluding hydrogens is 220 g/mol. The van der Waals surface area contributed by atoms with Crippen molar-refractivity contribution in [2.45, 2.75) is 32.7 Å². The van der Waals surface area contributed by atoms with Crippen molar-refractivity contribution in [1.29, 1.82) is 0 Å². The van der Waals surface area contributed by atoms with E-state index in [-0.39, 0.29) is 6.04 Å². The summed E-state index contributed by atoms with van der Waals surface area (Å²) in [7, 11) is 2.07. The SMILES string of the molecule is CCCCN(C)c1ccc([C@@H](C)N)cc1Cl. The normalized spacial score (nSPS) is 12.6. The minimum Gasteiger partial charge on any atom is -0.373 e. The summed E-state index contributed by atoms with van der Waals surface area (Å²) in [6.07, 6.45) is 2.38. The lowest BCUT2D eigenvalue weighted by Crippen LogP contribution is -2.18. The summed E-state index contributed by atoms with van der Waals surface area (Å²) in [4.78, 5) is 2.19. The van der Waals surface area contributed by atoms with Gasteiger partial charge in [0.2, 0.25) is 0 Å². The van der Waals surface area contributed by atoms with Gasteiger partial charge in [0, 0.05) is 19.6 Å². The fourth-order valence-corrected chi connectivity index (χ4v) is 1.96. The first-order chi connectivity index (χ1) is 7.56. The van der Waals surface area contributed by atoms with E-state index >= 15 is 0 Å². The van der Waals surface area contributed by atoms with Crippen molar-refractivity contribution >= 4 is 17.3 Å². The Morgan fingerprint density at radius 3 is 2.62 bits per heavy atom. The van der Waals surface area contributed by atoms with Crippen LogP contribution in [0.1, 0.15) is 38.3 Å². The summed E-state index contributed by atoms with van der Waals surface area (Å²) in [5.41, 5.74) is 7.98. The Hall–Kier alpha value is -0.730. The van der Waals surface area contributed by atoms with Crippen LogP contribution in [0.15, 0.2) is 18.2 Å². The monoisotopic (exact) mass is 240 g/mol. The third-order valence-corrected chi connectivity index (χ3v) is 3.06. The summed E-state index contributed by atoms with van der Waals surface area (Å²) in [5.74, 6) is 0. The molecule has 0 fully saturated rings. The molecule has 90 valence electrons. The smallest absolute Gasteiger partial charge is 0.0642 e. The summed E-state index contributed by atoms with van der Waals surface area (Å²) >= 11 is 6.25. The molecule has 3 heteroatoms. The maximum atomic E-state index is 6.25. The highest BCUT2D eigenvalue weighted by Crippen LogP contribution is 2.27. The van der Waals surface area contributed by atoms with Crippen molar-refractivity contribution in [3.8, 4) is 0 Å². The summed E-state index contributed by atoms with van der Waals surface area (Å²) < 4.78 is 0. The molecule has 1 aromatic carbocycles. The Labute approximate surface area is 103 Å². The quantitative estimate of drug-likeness (QED) is 0.852. The first-order valence-electron chi connectivity index (χ1n) is 5.82. The zero-order valence-electron chi connectivity index (χ0n) is 10.3. The van der Waals surface area contributed by atoms with E-state index in [0.29, 0.717) is 0 Å². The minimum absolute atomic E-state index is 0.0347. The molecule has 0 unspecified atom stereocenters. The molecule has 0 spiro atoms. The first kappa shape index (κ1) is 13.3. The molecule has 0 radical (unpaired) electrons. The lowest BCUT2D eigenvalue weighted by atomic mass is 10.1. The topological polar surface area (TPSA) is 29.3 Å².